The molecule has 0 N–H and O–H groups in total. The van der Waals surface area contributed by atoms with Gasteiger partial charge in [0.15, 0.2) is 0 Å². The largest absolute Gasteiger partial charge is 0.497 e. The molecule has 1 aromatic heterocycles. The lowest BCUT2D eigenvalue weighted by atomic mass is 10.2. The van der Waals surface area contributed by atoms with Crippen LogP contribution in [-0.4, -0.2) is 38.5 Å². The minimum absolute atomic E-state index is 0.468. The van der Waals surface area contributed by atoms with Crippen molar-refractivity contribution in [2.45, 2.75) is 40.3 Å². The second-order valence-corrected chi connectivity index (χ2v) is 8.51. The Hall–Kier alpha value is -2.77. The van der Waals surface area contributed by atoms with Crippen LogP contribution in [0.1, 0.15) is 36.4 Å². The second-order valence-electron chi connectivity index (χ2n) is 6.95. The quantitative estimate of drug-likeness (QED) is 0.442. The predicted molar refractivity (Wildman–Crippen MR) is 130 cm³/mol. The topological polar surface area (TPSA) is 64.6 Å². The molecule has 0 fully saturated rings. The molecule has 0 amide bonds. The molecular weight excluding hydrogens is 422 g/mol. The highest BCUT2D eigenvalue weighted by atomic mass is 32.2. The molecule has 7 heteroatoms. The molecule has 0 bridgehead atoms. The van der Waals surface area contributed by atoms with Crippen LogP contribution in [0, 0.1) is 6.92 Å². The molecule has 0 saturated carbocycles. The number of hydrogen-bond donors (Lipinski definition) is 0. The van der Waals surface area contributed by atoms with Crippen molar-refractivity contribution in [2.24, 2.45) is 0 Å². The number of aryl methyl sites for hydroxylation is 2. The molecule has 172 valence electrons. The van der Waals surface area contributed by atoms with Gasteiger partial charge >= 0.3 is 0 Å². The first-order valence-electron chi connectivity index (χ1n) is 10.7. The summed E-state index contributed by atoms with van der Waals surface area (Å²) in [6, 6.07) is 15.7. The lowest BCUT2D eigenvalue weighted by molar-refractivity contribution is 0.411. The van der Waals surface area contributed by atoms with Crippen molar-refractivity contribution < 1.29 is 13.7 Å². The van der Waals surface area contributed by atoms with Crippen LogP contribution in [0.15, 0.2) is 60.9 Å². The van der Waals surface area contributed by atoms with Gasteiger partial charge in [-0.3, -0.25) is 0 Å². The monoisotopic (exact) mass is 455 g/mol. The molecule has 1 heterocycles. The lowest BCUT2D eigenvalue weighted by Crippen LogP contribution is -2.28. The van der Waals surface area contributed by atoms with Gasteiger partial charge in [-0.1, -0.05) is 38.1 Å². The van der Waals surface area contributed by atoms with Crippen LogP contribution in [-0.2, 0) is 30.5 Å². The zero-order chi connectivity index (χ0) is 23.3. The van der Waals surface area contributed by atoms with Crippen LogP contribution < -0.4 is 9.47 Å². The van der Waals surface area contributed by atoms with Crippen molar-refractivity contribution in [1.29, 1.82) is 0 Å². The van der Waals surface area contributed by atoms with E-state index in [1.807, 2.05) is 73.6 Å². The number of methoxy groups -OCH3 is 2. The fourth-order valence-electron chi connectivity index (χ4n) is 2.93. The number of rotatable bonds is 10. The maximum Gasteiger partial charge on any atom is 0.129 e. The maximum absolute atomic E-state index is 13.2. The van der Waals surface area contributed by atoms with Gasteiger partial charge in [0, 0.05) is 37.7 Å². The molecule has 6 nitrogen and oxygen atoms in total. The molecule has 0 aliphatic heterocycles. The van der Waals surface area contributed by atoms with Crippen molar-refractivity contribution in [3.05, 3.63) is 83.4 Å². The van der Waals surface area contributed by atoms with E-state index in [-0.39, 0.29) is 0 Å². The average molecular weight is 456 g/mol. The van der Waals surface area contributed by atoms with E-state index >= 15 is 0 Å². The normalized spacial score (nSPS) is 11.4. The summed E-state index contributed by atoms with van der Waals surface area (Å²) in [5, 5.41) is 0. The highest BCUT2D eigenvalue weighted by Gasteiger charge is 2.16. The third-order valence-electron chi connectivity index (χ3n) is 4.66. The van der Waals surface area contributed by atoms with Crippen molar-refractivity contribution in [2.75, 3.05) is 20.0 Å². The summed E-state index contributed by atoms with van der Waals surface area (Å²) < 4.78 is 25.6. The molecule has 1 atom stereocenters. The number of aromatic nitrogens is 2. The van der Waals surface area contributed by atoms with Crippen LogP contribution in [0.25, 0.3) is 0 Å². The molecule has 2 aromatic carbocycles. The SMILES string of the molecule is CC.COc1ccc(CN(Cc2ccc(OC)cc2)S(=O)CCc2ncc(C)cn2)cc1. The summed E-state index contributed by atoms with van der Waals surface area (Å²) in [5.41, 5.74) is 3.16. The molecule has 0 aliphatic carbocycles. The third kappa shape index (κ3) is 8.05. The van der Waals surface area contributed by atoms with Crippen molar-refractivity contribution in [3.8, 4) is 11.5 Å². The lowest BCUT2D eigenvalue weighted by Gasteiger charge is -2.22. The van der Waals surface area contributed by atoms with Gasteiger partial charge in [0.25, 0.3) is 0 Å². The molecule has 0 spiro atoms. The molecular formula is C25H33N3O3S. The first kappa shape index (κ1) is 25.5. The standard InChI is InChI=1S/C23H27N3O3S.C2H6/c1-18-14-24-23(25-15-18)12-13-30(27)26(16-19-4-8-21(28-2)9-5-19)17-20-6-10-22(29-3)11-7-20;1-2/h4-11,14-15H,12-13,16-17H2,1-3H3;1-2H3. The van der Waals surface area contributed by atoms with E-state index in [4.69, 9.17) is 9.47 Å². The van der Waals surface area contributed by atoms with Gasteiger partial charge in [0.2, 0.25) is 0 Å². The fourth-order valence-corrected chi connectivity index (χ4v) is 4.13. The average Bonchev–Trinajstić information content (AvgIpc) is 2.85. The minimum atomic E-state index is -1.19. The van der Waals surface area contributed by atoms with Gasteiger partial charge in [-0.05, 0) is 47.9 Å². The van der Waals surface area contributed by atoms with Gasteiger partial charge in [-0.25, -0.2) is 18.5 Å². The number of hydrogen-bond acceptors (Lipinski definition) is 5. The fraction of sp³-hybridized carbons (Fsp3) is 0.360. The Morgan fingerprint density at radius 3 is 1.66 bits per heavy atom. The Balaban J connectivity index is 0.00000176. The highest BCUT2D eigenvalue weighted by molar-refractivity contribution is 7.82. The van der Waals surface area contributed by atoms with Crippen LogP contribution in [0.4, 0.5) is 0 Å². The van der Waals surface area contributed by atoms with Crippen molar-refractivity contribution in [3.63, 3.8) is 0 Å². The highest BCUT2D eigenvalue weighted by Crippen LogP contribution is 2.18. The van der Waals surface area contributed by atoms with Crippen LogP contribution >= 0.6 is 0 Å². The van der Waals surface area contributed by atoms with Gasteiger partial charge in [-0.2, -0.15) is 0 Å². The molecule has 3 rings (SSSR count). The summed E-state index contributed by atoms with van der Waals surface area (Å²) in [7, 11) is 2.10. The zero-order valence-corrected chi connectivity index (χ0v) is 20.4. The van der Waals surface area contributed by atoms with Gasteiger partial charge in [0.05, 0.1) is 25.2 Å². The van der Waals surface area contributed by atoms with E-state index in [9.17, 15) is 4.21 Å². The summed E-state index contributed by atoms with van der Waals surface area (Å²) in [6.45, 7) is 7.09. The summed E-state index contributed by atoms with van der Waals surface area (Å²) >= 11 is 0. The number of ether oxygens (including phenoxy) is 2. The van der Waals surface area contributed by atoms with E-state index in [1.54, 1.807) is 26.6 Å². The van der Waals surface area contributed by atoms with Gasteiger partial charge in [0.1, 0.15) is 17.3 Å². The predicted octanol–water partition coefficient (Wildman–Crippen LogP) is 4.74. The molecule has 0 aliphatic rings. The summed E-state index contributed by atoms with van der Waals surface area (Å²) in [6.07, 6.45) is 4.14. The van der Waals surface area contributed by atoms with Gasteiger partial charge < -0.3 is 9.47 Å². The molecule has 3 aromatic rings. The molecule has 0 saturated heterocycles. The maximum atomic E-state index is 13.2. The Labute approximate surface area is 194 Å². The number of nitrogens with zero attached hydrogens (tertiary/aromatic N) is 3. The van der Waals surface area contributed by atoms with E-state index in [0.717, 1.165) is 28.2 Å². The Bertz CT molecular complexity index is 896. The van der Waals surface area contributed by atoms with Crippen molar-refractivity contribution in [1.82, 2.24) is 14.3 Å². The first-order valence-corrected chi connectivity index (χ1v) is 12.0. The van der Waals surface area contributed by atoms with Crippen LogP contribution in [0.3, 0.4) is 0 Å². The second kappa shape index (κ2) is 13.6. The third-order valence-corrected chi connectivity index (χ3v) is 6.05. The Morgan fingerprint density at radius 2 is 1.25 bits per heavy atom. The van der Waals surface area contributed by atoms with E-state index in [2.05, 4.69) is 9.97 Å². The van der Waals surface area contributed by atoms with Crippen molar-refractivity contribution >= 4 is 11.0 Å². The number of benzene rings is 2. The van der Waals surface area contributed by atoms with Gasteiger partial charge in [-0.15, -0.1) is 0 Å². The van der Waals surface area contributed by atoms with E-state index in [1.165, 1.54) is 0 Å². The first-order chi connectivity index (χ1) is 15.6. The Morgan fingerprint density at radius 1 is 0.812 bits per heavy atom. The molecule has 1 unspecified atom stereocenters. The minimum Gasteiger partial charge on any atom is -0.497 e. The van der Waals surface area contributed by atoms with E-state index < -0.39 is 11.0 Å². The zero-order valence-electron chi connectivity index (χ0n) is 19.6. The summed E-state index contributed by atoms with van der Waals surface area (Å²) in [5.74, 6) is 2.79. The van der Waals surface area contributed by atoms with Crippen LogP contribution in [0.2, 0.25) is 0 Å². The molecule has 0 radical (unpaired) electrons. The Kier molecular flexibility index (Phi) is 10.8. The van der Waals surface area contributed by atoms with E-state index in [0.29, 0.717) is 31.1 Å². The molecule has 32 heavy (non-hydrogen) atoms. The summed E-state index contributed by atoms with van der Waals surface area (Å²) in [4.78, 5) is 8.65. The smallest absolute Gasteiger partial charge is 0.129 e. The van der Waals surface area contributed by atoms with Crippen LogP contribution in [0.5, 0.6) is 11.5 Å².